The van der Waals surface area contributed by atoms with Gasteiger partial charge >= 0.3 is 0 Å². The summed E-state index contributed by atoms with van der Waals surface area (Å²) < 4.78 is 10.8. The van der Waals surface area contributed by atoms with Crippen LogP contribution >= 0.6 is 0 Å². The minimum Gasteiger partial charge on any atom is -0.386 e. The summed E-state index contributed by atoms with van der Waals surface area (Å²) in [5.74, 6) is 0.247. The summed E-state index contributed by atoms with van der Waals surface area (Å²) in [7, 11) is -0.986. The van der Waals surface area contributed by atoms with Crippen molar-refractivity contribution in [2.24, 2.45) is 0 Å². The molecule has 0 fully saturated rings. The second-order valence-corrected chi connectivity index (χ2v) is 3.99. The van der Waals surface area contributed by atoms with Crippen LogP contribution in [0.2, 0.25) is 0 Å². The third-order valence-corrected chi connectivity index (χ3v) is 2.21. The molecule has 1 aromatic heterocycles. The first-order valence-electron chi connectivity index (χ1n) is 3.59. The number of rotatable bonds is 3. The molecule has 3 nitrogen and oxygen atoms in total. The van der Waals surface area contributed by atoms with Gasteiger partial charge in [0.15, 0.2) is 0 Å². The van der Waals surface area contributed by atoms with Crippen LogP contribution in [0.15, 0.2) is 24.4 Å². The maximum Gasteiger partial charge on any atom is 0.107 e. The van der Waals surface area contributed by atoms with Crippen molar-refractivity contribution in [3.05, 3.63) is 30.1 Å². The van der Waals surface area contributed by atoms with Crippen molar-refractivity contribution in [1.29, 1.82) is 0 Å². The van der Waals surface area contributed by atoms with Crippen molar-refractivity contribution in [1.82, 2.24) is 4.98 Å². The zero-order valence-electron chi connectivity index (χ0n) is 6.80. The largest absolute Gasteiger partial charge is 0.386 e. The van der Waals surface area contributed by atoms with Gasteiger partial charge in [0.25, 0.3) is 0 Å². The minimum atomic E-state index is -0.986. The minimum absolute atomic E-state index is 0.247. The molecule has 66 valence electrons. The molecule has 1 rings (SSSR count). The fourth-order valence-electron chi connectivity index (χ4n) is 0.881. The first-order valence-corrected chi connectivity index (χ1v) is 5.32. The Morgan fingerprint density at radius 2 is 2.42 bits per heavy atom. The van der Waals surface area contributed by atoms with Gasteiger partial charge in [-0.25, -0.2) is 0 Å². The second-order valence-electron chi connectivity index (χ2n) is 2.51. The van der Waals surface area contributed by atoms with Crippen molar-refractivity contribution in [3.63, 3.8) is 0 Å². The zero-order chi connectivity index (χ0) is 8.97. The highest BCUT2D eigenvalue weighted by molar-refractivity contribution is 7.84. The first-order chi connectivity index (χ1) is 5.70. The molecule has 0 saturated carbocycles. The molecule has 0 saturated heterocycles. The Hall–Kier alpha value is -0.740. The Balaban J connectivity index is 2.65. The molecule has 1 heterocycles. The molecule has 12 heavy (non-hydrogen) atoms. The normalized spacial score (nSPS) is 15.5. The molecular weight excluding hydrogens is 174 g/mol. The number of pyridine rings is 1. The van der Waals surface area contributed by atoms with Crippen molar-refractivity contribution < 1.29 is 9.32 Å². The van der Waals surface area contributed by atoms with E-state index < -0.39 is 16.9 Å². The molecule has 0 aliphatic rings. The average Bonchev–Trinajstić information content (AvgIpc) is 2.05. The van der Waals surface area contributed by atoms with E-state index in [0.717, 1.165) is 0 Å². The van der Waals surface area contributed by atoms with Gasteiger partial charge in [0.1, 0.15) is 6.10 Å². The Morgan fingerprint density at radius 1 is 1.67 bits per heavy atom. The van der Waals surface area contributed by atoms with Crippen molar-refractivity contribution in [2.45, 2.75) is 6.10 Å². The average molecular weight is 185 g/mol. The van der Waals surface area contributed by atoms with E-state index in [1.165, 1.54) is 0 Å². The maximum atomic E-state index is 10.8. The molecule has 1 aromatic rings. The van der Waals surface area contributed by atoms with E-state index in [9.17, 15) is 9.32 Å². The fourth-order valence-corrected chi connectivity index (χ4v) is 1.50. The Bertz CT molecular complexity index is 263. The molecule has 2 atom stereocenters. The SMILES string of the molecule is C[S@@](=O)C[C@H](O)c1ccccn1. The van der Waals surface area contributed by atoms with Crippen LogP contribution in [0.4, 0.5) is 0 Å². The highest BCUT2D eigenvalue weighted by Crippen LogP contribution is 2.08. The Morgan fingerprint density at radius 3 is 2.92 bits per heavy atom. The van der Waals surface area contributed by atoms with Crippen LogP contribution in [-0.4, -0.2) is 26.3 Å². The van der Waals surface area contributed by atoms with Gasteiger partial charge in [0.2, 0.25) is 0 Å². The van der Waals surface area contributed by atoms with Gasteiger partial charge in [-0.1, -0.05) is 6.07 Å². The van der Waals surface area contributed by atoms with Gasteiger partial charge in [0.05, 0.1) is 11.4 Å². The standard InChI is InChI=1S/C8H11NO2S/c1-12(11)6-8(10)7-4-2-3-5-9-7/h2-5,8,10H,6H2,1H3/t8-,12+/m0/s1. The molecule has 0 unspecified atom stereocenters. The van der Waals surface area contributed by atoms with Crippen molar-refractivity contribution in [3.8, 4) is 0 Å². The molecule has 0 amide bonds. The summed E-state index contributed by atoms with van der Waals surface area (Å²) >= 11 is 0. The maximum absolute atomic E-state index is 10.8. The highest BCUT2D eigenvalue weighted by atomic mass is 32.2. The van der Waals surface area contributed by atoms with E-state index >= 15 is 0 Å². The number of nitrogens with zero attached hydrogens (tertiary/aromatic N) is 1. The van der Waals surface area contributed by atoms with E-state index in [1.54, 1.807) is 30.7 Å². The van der Waals surface area contributed by atoms with E-state index in [-0.39, 0.29) is 5.75 Å². The Kier molecular flexibility index (Phi) is 3.37. The molecule has 0 aromatic carbocycles. The summed E-state index contributed by atoms with van der Waals surface area (Å²) in [4.78, 5) is 3.95. The van der Waals surface area contributed by atoms with Crippen LogP contribution in [0.25, 0.3) is 0 Å². The quantitative estimate of drug-likeness (QED) is 0.745. The molecule has 4 heteroatoms. The summed E-state index contributed by atoms with van der Waals surface area (Å²) in [6.45, 7) is 0. The van der Waals surface area contributed by atoms with Crippen LogP contribution < -0.4 is 0 Å². The number of aromatic nitrogens is 1. The summed E-state index contributed by atoms with van der Waals surface area (Å²) in [5.41, 5.74) is 0.577. The lowest BCUT2D eigenvalue weighted by Crippen LogP contribution is -2.08. The third-order valence-electron chi connectivity index (χ3n) is 1.42. The number of aliphatic hydroxyl groups is 1. The van der Waals surface area contributed by atoms with Gasteiger partial charge < -0.3 is 5.11 Å². The van der Waals surface area contributed by atoms with Gasteiger partial charge in [-0.15, -0.1) is 0 Å². The van der Waals surface area contributed by atoms with Crippen LogP contribution in [-0.2, 0) is 10.8 Å². The van der Waals surface area contributed by atoms with E-state index in [4.69, 9.17) is 0 Å². The predicted octanol–water partition coefficient (Wildman–Crippen LogP) is 0.493. The summed E-state index contributed by atoms with van der Waals surface area (Å²) in [6.07, 6.45) is 2.46. The predicted molar refractivity (Wildman–Crippen MR) is 48.1 cm³/mol. The Labute approximate surface area is 73.9 Å². The molecule has 1 N–H and O–H groups in total. The van der Waals surface area contributed by atoms with Gasteiger partial charge in [-0.2, -0.15) is 0 Å². The van der Waals surface area contributed by atoms with Crippen LogP contribution in [0.5, 0.6) is 0 Å². The number of aliphatic hydroxyl groups excluding tert-OH is 1. The van der Waals surface area contributed by atoms with Gasteiger partial charge in [0, 0.05) is 23.3 Å². The highest BCUT2D eigenvalue weighted by Gasteiger charge is 2.09. The molecule has 0 spiro atoms. The smallest absolute Gasteiger partial charge is 0.107 e. The fraction of sp³-hybridized carbons (Fsp3) is 0.375. The van der Waals surface area contributed by atoms with Gasteiger partial charge in [-0.3, -0.25) is 9.19 Å². The third kappa shape index (κ3) is 2.71. The van der Waals surface area contributed by atoms with Crippen molar-refractivity contribution >= 4 is 10.8 Å². The van der Waals surface area contributed by atoms with E-state index in [1.807, 2.05) is 0 Å². The molecule has 0 aliphatic carbocycles. The second kappa shape index (κ2) is 4.33. The first kappa shape index (κ1) is 9.35. The lowest BCUT2D eigenvalue weighted by atomic mass is 10.2. The van der Waals surface area contributed by atoms with Crippen LogP contribution in [0.1, 0.15) is 11.8 Å². The number of hydrogen-bond acceptors (Lipinski definition) is 3. The lowest BCUT2D eigenvalue weighted by Gasteiger charge is -2.06. The van der Waals surface area contributed by atoms with E-state index in [0.29, 0.717) is 5.69 Å². The molecular formula is C8H11NO2S. The van der Waals surface area contributed by atoms with E-state index in [2.05, 4.69) is 4.98 Å². The van der Waals surface area contributed by atoms with Crippen molar-refractivity contribution in [2.75, 3.05) is 12.0 Å². The monoisotopic (exact) mass is 185 g/mol. The summed E-state index contributed by atoms with van der Waals surface area (Å²) in [6, 6.07) is 5.29. The molecule has 0 radical (unpaired) electrons. The zero-order valence-corrected chi connectivity index (χ0v) is 7.62. The summed E-state index contributed by atoms with van der Waals surface area (Å²) in [5, 5.41) is 9.44. The molecule has 0 bridgehead atoms. The van der Waals surface area contributed by atoms with Gasteiger partial charge in [-0.05, 0) is 12.1 Å². The van der Waals surface area contributed by atoms with Crippen LogP contribution in [0, 0.1) is 0 Å². The molecule has 0 aliphatic heterocycles. The lowest BCUT2D eigenvalue weighted by molar-refractivity contribution is 0.198. The van der Waals surface area contributed by atoms with Crippen LogP contribution in [0.3, 0.4) is 0 Å². The number of hydrogen-bond donors (Lipinski definition) is 1. The topological polar surface area (TPSA) is 50.2 Å².